The topological polar surface area (TPSA) is 87.8 Å². The van der Waals surface area contributed by atoms with Crippen molar-refractivity contribution in [2.75, 3.05) is 20.2 Å². The van der Waals surface area contributed by atoms with Gasteiger partial charge in [-0.15, -0.1) is 0 Å². The monoisotopic (exact) mass is 363 g/mol. The Morgan fingerprint density at radius 2 is 2.31 bits per heavy atom. The Bertz CT molecular complexity index is 753. The second-order valence-corrected chi connectivity index (χ2v) is 6.40. The quantitative estimate of drug-likeness (QED) is 0.775. The third-order valence-electron chi connectivity index (χ3n) is 4.53. The minimum atomic E-state index is -1.52. The molecule has 0 aliphatic carbocycles. The van der Waals surface area contributed by atoms with Crippen LogP contribution in [0.4, 0.5) is 4.39 Å². The van der Waals surface area contributed by atoms with Gasteiger partial charge >= 0.3 is 0 Å². The summed E-state index contributed by atoms with van der Waals surface area (Å²) in [7, 11) is 1.50. The number of hydrogen-bond donors (Lipinski definition) is 2. The highest BCUT2D eigenvalue weighted by atomic mass is 19.1. The van der Waals surface area contributed by atoms with Crippen molar-refractivity contribution in [3.8, 4) is 5.75 Å². The Hall–Kier alpha value is -2.45. The molecule has 1 aromatic heterocycles. The predicted octanol–water partition coefficient (Wildman–Crippen LogP) is 1.47. The molecule has 0 unspecified atom stereocenters. The van der Waals surface area contributed by atoms with Crippen LogP contribution in [0.25, 0.3) is 0 Å². The number of likely N-dealkylation sites (tertiary alicyclic amines) is 1. The molecule has 1 fully saturated rings. The van der Waals surface area contributed by atoms with Crippen molar-refractivity contribution in [1.29, 1.82) is 0 Å². The van der Waals surface area contributed by atoms with Crippen LogP contribution in [0.1, 0.15) is 24.2 Å². The van der Waals surface area contributed by atoms with Crippen LogP contribution >= 0.6 is 0 Å². The molecule has 3 rings (SSSR count). The zero-order chi connectivity index (χ0) is 18.6. The molecule has 0 bridgehead atoms. The molecule has 2 N–H and O–H groups in total. The lowest BCUT2D eigenvalue weighted by Crippen LogP contribution is -2.57. The van der Waals surface area contributed by atoms with Crippen LogP contribution in [0.3, 0.4) is 0 Å². The number of methoxy groups -OCH3 is 1. The van der Waals surface area contributed by atoms with E-state index in [9.17, 15) is 14.3 Å². The fourth-order valence-corrected chi connectivity index (χ4v) is 3.11. The number of nitrogens with zero attached hydrogens (tertiary/aromatic N) is 2. The molecule has 1 amide bonds. The smallest absolute Gasteiger partial charge is 0.256 e. The van der Waals surface area contributed by atoms with Gasteiger partial charge in [0, 0.05) is 31.3 Å². The van der Waals surface area contributed by atoms with Gasteiger partial charge in [-0.1, -0.05) is 5.16 Å². The predicted molar refractivity (Wildman–Crippen MR) is 90.8 cm³/mol. The maximum absolute atomic E-state index is 14.1. The second kappa shape index (κ2) is 7.84. The van der Waals surface area contributed by atoms with Crippen molar-refractivity contribution in [1.82, 2.24) is 15.4 Å². The van der Waals surface area contributed by atoms with Gasteiger partial charge in [0.25, 0.3) is 5.91 Å². The number of hydrogen-bond acceptors (Lipinski definition) is 6. The Morgan fingerprint density at radius 1 is 1.46 bits per heavy atom. The van der Waals surface area contributed by atoms with Crippen molar-refractivity contribution in [3.63, 3.8) is 0 Å². The molecule has 26 heavy (non-hydrogen) atoms. The average Bonchev–Trinajstić information content (AvgIpc) is 3.14. The number of amides is 1. The van der Waals surface area contributed by atoms with Crippen LogP contribution < -0.4 is 10.1 Å². The number of aliphatic hydroxyl groups is 1. The lowest BCUT2D eigenvalue weighted by Gasteiger charge is -2.38. The van der Waals surface area contributed by atoms with Gasteiger partial charge in [0.1, 0.15) is 17.3 Å². The molecule has 7 nitrogen and oxygen atoms in total. The van der Waals surface area contributed by atoms with E-state index in [0.717, 1.165) is 0 Å². The molecule has 140 valence electrons. The van der Waals surface area contributed by atoms with Crippen LogP contribution in [0.5, 0.6) is 5.75 Å². The molecule has 2 heterocycles. The number of rotatable bonds is 7. The van der Waals surface area contributed by atoms with Crippen molar-refractivity contribution < 1.29 is 23.6 Å². The van der Waals surface area contributed by atoms with Crippen molar-refractivity contribution >= 4 is 5.91 Å². The maximum Gasteiger partial charge on any atom is 0.256 e. The van der Waals surface area contributed by atoms with E-state index in [1.165, 1.54) is 30.3 Å². The molecule has 1 atom stereocenters. The molecule has 0 spiro atoms. The van der Waals surface area contributed by atoms with E-state index < -0.39 is 17.3 Å². The summed E-state index contributed by atoms with van der Waals surface area (Å²) in [5.74, 6) is 0.328. The lowest BCUT2D eigenvalue weighted by molar-refractivity contribution is -0.157. The number of nitrogens with one attached hydrogen (secondary N) is 1. The summed E-state index contributed by atoms with van der Waals surface area (Å²) in [4.78, 5) is 14.2. The molecular formula is C18H22FN3O4. The first-order valence-electron chi connectivity index (χ1n) is 8.46. The van der Waals surface area contributed by atoms with Gasteiger partial charge in [0.2, 0.25) is 0 Å². The number of piperidine rings is 1. The van der Waals surface area contributed by atoms with E-state index in [1.807, 2.05) is 0 Å². The van der Waals surface area contributed by atoms with Crippen LogP contribution in [0, 0.1) is 5.82 Å². The summed E-state index contributed by atoms with van der Waals surface area (Å²) in [6.45, 7) is 1.01. The standard InChI is InChI=1S/C18H22FN3O4/c1-25-14-3-4-16(19)13(9-14)11-22-8-2-6-18(24,17(22)23)12-20-10-15-5-7-21-26-15/h3-5,7,9,20,24H,2,6,8,10-12H2,1H3/t18-/m1/s1. The fraction of sp³-hybridized carbons (Fsp3) is 0.444. The van der Waals surface area contributed by atoms with Gasteiger partial charge in [-0.2, -0.15) is 0 Å². The molecule has 1 aromatic carbocycles. The second-order valence-electron chi connectivity index (χ2n) is 6.40. The Labute approximate surface area is 150 Å². The highest BCUT2D eigenvalue weighted by Crippen LogP contribution is 2.25. The van der Waals surface area contributed by atoms with E-state index in [0.29, 0.717) is 43.0 Å². The Balaban J connectivity index is 1.65. The summed E-state index contributed by atoms with van der Waals surface area (Å²) in [5.41, 5.74) is -1.16. The minimum Gasteiger partial charge on any atom is -0.497 e. The van der Waals surface area contributed by atoms with Crippen LogP contribution in [0.15, 0.2) is 35.0 Å². The number of carbonyl (C=O) groups is 1. The van der Waals surface area contributed by atoms with Gasteiger partial charge in [0.15, 0.2) is 5.60 Å². The van der Waals surface area contributed by atoms with Crippen molar-refractivity contribution in [3.05, 3.63) is 47.6 Å². The Kier molecular flexibility index (Phi) is 5.53. The highest BCUT2D eigenvalue weighted by molar-refractivity contribution is 5.86. The van der Waals surface area contributed by atoms with E-state index in [1.54, 1.807) is 12.1 Å². The molecule has 1 aliphatic rings. The van der Waals surface area contributed by atoms with Crippen LogP contribution in [0.2, 0.25) is 0 Å². The first kappa shape index (κ1) is 18.3. The molecular weight excluding hydrogens is 341 g/mol. The van der Waals surface area contributed by atoms with Gasteiger partial charge in [0.05, 0.1) is 19.9 Å². The molecule has 0 radical (unpaired) electrons. The van der Waals surface area contributed by atoms with E-state index in [4.69, 9.17) is 9.26 Å². The van der Waals surface area contributed by atoms with E-state index >= 15 is 0 Å². The number of aromatic nitrogens is 1. The third kappa shape index (κ3) is 4.03. The fourth-order valence-electron chi connectivity index (χ4n) is 3.11. The number of benzene rings is 1. The number of carbonyl (C=O) groups excluding carboxylic acids is 1. The van der Waals surface area contributed by atoms with Gasteiger partial charge in [-0.3, -0.25) is 4.79 Å². The SMILES string of the molecule is COc1ccc(F)c(CN2CCC[C@@](O)(CNCc3ccno3)C2=O)c1. The van der Waals surface area contributed by atoms with E-state index in [2.05, 4.69) is 10.5 Å². The average molecular weight is 363 g/mol. The summed E-state index contributed by atoms with van der Waals surface area (Å²) < 4.78 is 24.1. The molecule has 1 saturated heterocycles. The molecule has 2 aromatic rings. The van der Waals surface area contributed by atoms with Crippen molar-refractivity contribution in [2.45, 2.75) is 31.5 Å². The summed E-state index contributed by atoms with van der Waals surface area (Å²) in [6.07, 6.45) is 2.52. The first-order chi connectivity index (χ1) is 12.5. The highest BCUT2D eigenvalue weighted by Gasteiger charge is 2.42. The zero-order valence-electron chi connectivity index (χ0n) is 14.6. The van der Waals surface area contributed by atoms with Gasteiger partial charge in [-0.05, 0) is 31.0 Å². The third-order valence-corrected chi connectivity index (χ3v) is 4.53. The first-order valence-corrected chi connectivity index (χ1v) is 8.46. The largest absolute Gasteiger partial charge is 0.497 e. The molecule has 1 aliphatic heterocycles. The summed E-state index contributed by atoms with van der Waals surface area (Å²) >= 11 is 0. The molecule has 0 saturated carbocycles. The maximum atomic E-state index is 14.1. The van der Waals surface area contributed by atoms with Crippen molar-refractivity contribution in [2.24, 2.45) is 0 Å². The van der Waals surface area contributed by atoms with Gasteiger partial charge in [-0.25, -0.2) is 4.39 Å². The normalized spacial score (nSPS) is 20.4. The van der Waals surface area contributed by atoms with E-state index in [-0.39, 0.29) is 13.1 Å². The van der Waals surface area contributed by atoms with Crippen LogP contribution in [-0.4, -0.2) is 46.9 Å². The summed E-state index contributed by atoms with van der Waals surface area (Å²) in [5, 5.41) is 17.4. The van der Waals surface area contributed by atoms with Gasteiger partial charge < -0.3 is 24.6 Å². The zero-order valence-corrected chi connectivity index (χ0v) is 14.6. The number of halogens is 1. The Morgan fingerprint density at radius 3 is 3.04 bits per heavy atom. The van der Waals surface area contributed by atoms with Crippen LogP contribution in [-0.2, 0) is 17.9 Å². The summed E-state index contributed by atoms with van der Waals surface area (Å²) in [6, 6.07) is 6.12. The lowest BCUT2D eigenvalue weighted by atomic mass is 9.91. The molecule has 8 heteroatoms. The number of ether oxygens (including phenoxy) is 1. The minimum absolute atomic E-state index is 0.0869.